The van der Waals surface area contributed by atoms with E-state index in [4.69, 9.17) is 16.3 Å². The molecule has 1 aromatic rings. The maximum atomic E-state index is 12.4. The third kappa shape index (κ3) is 4.55. The lowest BCUT2D eigenvalue weighted by Gasteiger charge is -2.35. The second kappa shape index (κ2) is 8.31. The van der Waals surface area contributed by atoms with Gasteiger partial charge in [-0.15, -0.1) is 12.4 Å². The van der Waals surface area contributed by atoms with Gasteiger partial charge in [0, 0.05) is 31.8 Å². The van der Waals surface area contributed by atoms with E-state index in [-0.39, 0.29) is 30.8 Å². The maximum Gasteiger partial charge on any atom is 0.217 e. The number of methoxy groups -OCH3 is 1. The molecule has 0 saturated carbocycles. The summed E-state index contributed by atoms with van der Waals surface area (Å²) in [4.78, 5) is 0. The Kier molecular flexibility index (Phi) is 7.39. The molecule has 0 aromatic heterocycles. The summed E-state index contributed by atoms with van der Waals surface area (Å²) in [6.45, 7) is 1.85. The minimum Gasteiger partial charge on any atom is -0.384 e. The van der Waals surface area contributed by atoms with Gasteiger partial charge in [0.25, 0.3) is 0 Å². The Hall–Kier alpha value is -0.370. The van der Waals surface area contributed by atoms with E-state index >= 15 is 0 Å². The van der Waals surface area contributed by atoms with Gasteiger partial charge in [-0.2, -0.15) is 4.31 Å². The first-order chi connectivity index (χ1) is 9.56. The molecule has 8 heteroatoms. The van der Waals surface area contributed by atoms with Crippen molar-refractivity contribution in [1.29, 1.82) is 0 Å². The number of piperazine rings is 1. The van der Waals surface area contributed by atoms with Crippen LogP contribution in [0.15, 0.2) is 24.3 Å². The zero-order valence-corrected chi connectivity index (χ0v) is 14.2. The second-order valence-corrected chi connectivity index (χ2v) is 7.11. The van der Waals surface area contributed by atoms with Gasteiger partial charge in [0.05, 0.1) is 18.4 Å². The van der Waals surface area contributed by atoms with Crippen LogP contribution in [-0.2, 0) is 14.8 Å². The zero-order valence-electron chi connectivity index (χ0n) is 11.8. The number of benzene rings is 1. The van der Waals surface area contributed by atoms with Gasteiger partial charge in [-0.3, -0.25) is 0 Å². The van der Waals surface area contributed by atoms with Gasteiger partial charge in [0.2, 0.25) is 10.0 Å². The largest absolute Gasteiger partial charge is 0.384 e. The van der Waals surface area contributed by atoms with Crippen LogP contribution in [-0.4, -0.2) is 51.8 Å². The number of ether oxygens (including phenoxy) is 1. The van der Waals surface area contributed by atoms with Crippen LogP contribution < -0.4 is 5.32 Å². The fourth-order valence-corrected chi connectivity index (χ4v) is 4.15. The molecule has 21 heavy (non-hydrogen) atoms. The first-order valence-corrected chi connectivity index (χ1v) is 8.48. The lowest BCUT2D eigenvalue weighted by Crippen LogP contribution is -2.49. The molecule has 2 rings (SSSR count). The Balaban J connectivity index is 0.00000220. The lowest BCUT2D eigenvalue weighted by molar-refractivity contribution is 0.212. The number of sulfonamides is 1. The molecular formula is C13H20Cl2N2O3S. The second-order valence-electron chi connectivity index (χ2n) is 4.66. The zero-order chi connectivity index (χ0) is 14.6. The maximum absolute atomic E-state index is 12.4. The SMILES string of the molecule is COCCS(=O)(=O)N1CCNCC1c1ccccc1Cl.Cl. The van der Waals surface area contributed by atoms with E-state index in [9.17, 15) is 8.42 Å². The fourth-order valence-electron chi connectivity index (χ4n) is 2.33. The van der Waals surface area contributed by atoms with Crippen molar-refractivity contribution in [3.05, 3.63) is 34.9 Å². The van der Waals surface area contributed by atoms with Crippen LogP contribution in [0.3, 0.4) is 0 Å². The Morgan fingerprint density at radius 2 is 2.14 bits per heavy atom. The van der Waals surface area contributed by atoms with E-state index in [2.05, 4.69) is 5.32 Å². The van der Waals surface area contributed by atoms with Crippen molar-refractivity contribution in [1.82, 2.24) is 9.62 Å². The Morgan fingerprint density at radius 3 is 2.81 bits per heavy atom. The molecule has 0 amide bonds. The van der Waals surface area contributed by atoms with E-state index in [0.29, 0.717) is 24.7 Å². The molecule has 1 aliphatic rings. The van der Waals surface area contributed by atoms with E-state index < -0.39 is 10.0 Å². The van der Waals surface area contributed by atoms with Gasteiger partial charge in [0.1, 0.15) is 0 Å². The van der Waals surface area contributed by atoms with Crippen LogP contribution in [0.5, 0.6) is 0 Å². The average molecular weight is 355 g/mol. The highest BCUT2D eigenvalue weighted by atomic mass is 35.5. The molecule has 0 radical (unpaired) electrons. The summed E-state index contributed by atoms with van der Waals surface area (Å²) in [5.74, 6) is -0.00947. The number of halogens is 2. The monoisotopic (exact) mass is 354 g/mol. The molecule has 1 aliphatic heterocycles. The Bertz CT molecular complexity index is 554. The highest BCUT2D eigenvalue weighted by Crippen LogP contribution is 2.30. The summed E-state index contributed by atoms with van der Waals surface area (Å²) < 4.78 is 31.2. The average Bonchev–Trinajstić information content (AvgIpc) is 2.46. The molecule has 1 N–H and O–H groups in total. The molecule has 0 spiro atoms. The summed E-state index contributed by atoms with van der Waals surface area (Å²) in [6, 6.07) is 7.10. The van der Waals surface area contributed by atoms with Gasteiger partial charge < -0.3 is 10.1 Å². The van der Waals surface area contributed by atoms with Crippen LogP contribution in [0, 0.1) is 0 Å². The highest BCUT2D eigenvalue weighted by molar-refractivity contribution is 7.89. The highest BCUT2D eigenvalue weighted by Gasteiger charge is 2.33. The van der Waals surface area contributed by atoms with Gasteiger partial charge >= 0.3 is 0 Å². The van der Waals surface area contributed by atoms with Crippen LogP contribution in [0.4, 0.5) is 0 Å². The van der Waals surface area contributed by atoms with Gasteiger partial charge in [-0.1, -0.05) is 29.8 Å². The predicted octanol–water partition coefficient (Wildman–Crippen LogP) is 1.68. The van der Waals surface area contributed by atoms with E-state index in [0.717, 1.165) is 5.56 Å². The molecule has 1 atom stereocenters. The van der Waals surface area contributed by atoms with Crippen LogP contribution in [0.25, 0.3) is 0 Å². The molecule has 1 saturated heterocycles. The van der Waals surface area contributed by atoms with Crippen molar-refractivity contribution >= 4 is 34.0 Å². The molecule has 1 unspecified atom stereocenters. The normalized spacial score (nSPS) is 20.0. The van der Waals surface area contributed by atoms with Crippen molar-refractivity contribution in [3.63, 3.8) is 0 Å². The Morgan fingerprint density at radius 1 is 1.43 bits per heavy atom. The van der Waals surface area contributed by atoms with E-state index in [1.165, 1.54) is 11.4 Å². The summed E-state index contributed by atoms with van der Waals surface area (Å²) in [6.07, 6.45) is 0. The molecule has 5 nitrogen and oxygen atoms in total. The van der Waals surface area contributed by atoms with E-state index in [1.54, 1.807) is 6.07 Å². The Labute approximate surface area is 137 Å². The minimum atomic E-state index is -3.35. The van der Waals surface area contributed by atoms with Crippen LogP contribution in [0.1, 0.15) is 11.6 Å². The lowest BCUT2D eigenvalue weighted by atomic mass is 10.1. The van der Waals surface area contributed by atoms with Crippen molar-refractivity contribution < 1.29 is 13.2 Å². The summed E-state index contributed by atoms with van der Waals surface area (Å²) in [7, 11) is -1.85. The van der Waals surface area contributed by atoms with Crippen LogP contribution >= 0.6 is 24.0 Å². The van der Waals surface area contributed by atoms with Crippen molar-refractivity contribution in [2.45, 2.75) is 6.04 Å². The molecule has 0 aliphatic carbocycles. The smallest absolute Gasteiger partial charge is 0.217 e. The summed E-state index contributed by atoms with van der Waals surface area (Å²) in [5.41, 5.74) is 0.836. The molecule has 1 aromatic carbocycles. The molecular weight excluding hydrogens is 335 g/mol. The molecule has 120 valence electrons. The van der Waals surface area contributed by atoms with E-state index in [1.807, 2.05) is 18.2 Å². The van der Waals surface area contributed by atoms with Gasteiger partial charge in [0.15, 0.2) is 0 Å². The summed E-state index contributed by atoms with van der Waals surface area (Å²) in [5, 5.41) is 3.81. The van der Waals surface area contributed by atoms with Gasteiger partial charge in [-0.25, -0.2) is 8.42 Å². The van der Waals surface area contributed by atoms with Crippen molar-refractivity contribution in [2.24, 2.45) is 0 Å². The number of hydrogen-bond acceptors (Lipinski definition) is 4. The number of rotatable bonds is 5. The van der Waals surface area contributed by atoms with Crippen molar-refractivity contribution in [2.75, 3.05) is 39.1 Å². The summed E-state index contributed by atoms with van der Waals surface area (Å²) >= 11 is 6.20. The molecule has 0 bridgehead atoms. The third-order valence-corrected chi connectivity index (χ3v) is 5.54. The third-order valence-electron chi connectivity index (χ3n) is 3.36. The number of nitrogens with zero attached hydrogens (tertiary/aromatic N) is 1. The molecule has 1 fully saturated rings. The standard InChI is InChI=1S/C13H19ClN2O3S.ClH/c1-19-8-9-20(17,18)16-7-6-15-10-13(16)11-4-2-3-5-12(11)14;/h2-5,13,15H,6-10H2,1H3;1H. The topological polar surface area (TPSA) is 58.6 Å². The predicted molar refractivity (Wildman–Crippen MR) is 86.7 cm³/mol. The van der Waals surface area contributed by atoms with Crippen molar-refractivity contribution in [3.8, 4) is 0 Å². The number of nitrogens with one attached hydrogen (secondary N) is 1. The first kappa shape index (κ1) is 18.7. The first-order valence-electron chi connectivity index (χ1n) is 6.50. The minimum absolute atomic E-state index is 0. The quantitative estimate of drug-likeness (QED) is 0.873. The van der Waals surface area contributed by atoms with Crippen LogP contribution in [0.2, 0.25) is 5.02 Å². The fraction of sp³-hybridized carbons (Fsp3) is 0.538. The van der Waals surface area contributed by atoms with Gasteiger partial charge in [-0.05, 0) is 11.6 Å². The molecule has 1 heterocycles. The number of hydrogen-bond donors (Lipinski definition) is 1.